The Hall–Kier alpha value is -2.37. The first-order valence-electron chi connectivity index (χ1n) is 6.57. The molecule has 2 atom stereocenters. The Labute approximate surface area is 123 Å². The van der Waals surface area contributed by atoms with Gasteiger partial charge in [0.15, 0.2) is 5.78 Å². The van der Waals surface area contributed by atoms with Crippen LogP contribution in [0.1, 0.15) is 31.1 Å². The van der Waals surface area contributed by atoms with Crippen LogP contribution in [0.3, 0.4) is 0 Å². The molecule has 0 amide bonds. The van der Waals surface area contributed by atoms with E-state index in [2.05, 4.69) is 0 Å². The van der Waals surface area contributed by atoms with Gasteiger partial charge in [0.1, 0.15) is 6.04 Å². The molecule has 6 nitrogen and oxygen atoms in total. The van der Waals surface area contributed by atoms with Gasteiger partial charge in [-0.3, -0.25) is 9.59 Å². The number of Topliss-reactive ketones (excluding diaryl/α,β-unsaturated/α-hetero) is 1. The highest BCUT2D eigenvalue weighted by Gasteiger charge is 2.25. The predicted molar refractivity (Wildman–Crippen MR) is 77.7 cm³/mol. The van der Waals surface area contributed by atoms with Crippen molar-refractivity contribution in [2.45, 2.75) is 26.8 Å². The van der Waals surface area contributed by atoms with E-state index < -0.39 is 23.9 Å². The average molecular weight is 293 g/mol. The number of ketones is 1. The van der Waals surface area contributed by atoms with Crippen molar-refractivity contribution in [2.24, 2.45) is 5.92 Å². The number of rotatable bonds is 7. The maximum Gasteiger partial charge on any atom is 0.326 e. The number of benzene rings is 1. The second kappa shape index (κ2) is 6.88. The molecular formula is C15H19NO5. The highest BCUT2D eigenvalue weighted by molar-refractivity contribution is 5.94. The summed E-state index contributed by atoms with van der Waals surface area (Å²) in [6.45, 7) is 4.53. The second-order valence-electron chi connectivity index (χ2n) is 5.01. The normalized spacial score (nSPS) is 13.3. The van der Waals surface area contributed by atoms with Crippen LogP contribution in [0.5, 0.6) is 0 Å². The topological polar surface area (TPSA) is 94.9 Å². The molecular weight excluding hydrogens is 274 g/mol. The van der Waals surface area contributed by atoms with Crippen molar-refractivity contribution in [3.8, 4) is 0 Å². The summed E-state index contributed by atoms with van der Waals surface area (Å²) in [4.78, 5) is 34.9. The maximum absolute atomic E-state index is 11.3. The van der Waals surface area contributed by atoms with Crippen molar-refractivity contribution in [1.82, 2.24) is 0 Å². The van der Waals surface area contributed by atoms with Crippen molar-refractivity contribution >= 4 is 23.4 Å². The molecule has 0 heterocycles. The van der Waals surface area contributed by atoms with Crippen LogP contribution in [0.4, 0.5) is 5.69 Å². The first kappa shape index (κ1) is 16.7. The van der Waals surface area contributed by atoms with Crippen molar-refractivity contribution in [1.29, 1.82) is 0 Å². The van der Waals surface area contributed by atoms with Gasteiger partial charge in [-0.25, -0.2) is 4.79 Å². The fourth-order valence-electron chi connectivity index (χ4n) is 1.88. The Morgan fingerprint density at radius 3 is 1.95 bits per heavy atom. The van der Waals surface area contributed by atoms with Crippen LogP contribution in [0, 0.1) is 5.92 Å². The first-order valence-corrected chi connectivity index (χ1v) is 6.57. The maximum atomic E-state index is 11.3. The summed E-state index contributed by atoms with van der Waals surface area (Å²) < 4.78 is 0. The average Bonchev–Trinajstić information content (AvgIpc) is 2.43. The van der Waals surface area contributed by atoms with Gasteiger partial charge in [0.05, 0.1) is 5.92 Å². The summed E-state index contributed by atoms with van der Waals surface area (Å²) >= 11 is 0. The number of nitrogens with zero attached hydrogens (tertiary/aromatic N) is 1. The molecule has 0 saturated heterocycles. The molecule has 6 heteroatoms. The number of carboxylic acids is 2. The number of anilines is 1. The van der Waals surface area contributed by atoms with Gasteiger partial charge in [-0.2, -0.15) is 0 Å². The molecule has 1 rings (SSSR count). The molecule has 21 heavy (non-hydrogen) atoms. The molecule has 1 aromatic carbocycles. The molecule has 0 bridgehead atoms. The van der Waals surface area contributed by atoms with E-state index in [9.17, 15) is 14.4 Å². The number of hydrogen-bond acceptors (Lipinski definition) is 4. The SMILES string of the molecule is CC(=O)c1ccc(N(CC(C)C(=O)O)C(C)C(=O)O)cc1. The van der Waals surface area contributed by atoms with Gasteiger partial charge in [-0.1, -0.05) is 6.92 Å². The number of carbonyl (C=O) groups excluding carboxylic acids is 1. The summed E-state index contributed by atoms with van der Waals surface area (Å²) in [5.74, 6) is -2.82. The van der Waals surface area contributed by atoms with E-state index in [1.807, 2.05) is 0 Å². The van der Waals surface area contributed by atoms with E-state index in [4.69, 9.17) is 10.2 Å². The van der Waals surface area contributed by atoms with E-state index in [-0.39, 0.29) is 12.3 Å². The van der Waals surface area contributed by atoms with Crippen LogP contribution in [-0.4, -0.2) is 40.5 Å². The summed E-state index contributed by atoms with van der Waals surface area (Å²) in [5.41, 5.74) is 1.09. The zero-order chi connectivity index (χ0) is 16.2. The zero-order valence-corrected chi connectivity index (χ0v) is 12.2. The van der Waals surface area contributed by atoms with Gasteiger partial charge in [0.25, 0.3) is 0 Å². The highest BCUT2D eigenvalue weighted by atomic mass is 16.4. The molecule has 0 aliphatic rings. The minimum atomic E-state index is -1.04. The molecule has 0 aliphatic heterocycles. The smallest absolute Gasteiger partial charge is 0.326 e. The summed E-state index contributed by atoms with van der Waals surface area (Å²) in [6, 6.07) is 5.60. The molecule has 0 aliphatic carbocycles. The first-order chi connectivity index (χ1) is 9.73. The van der Waals surface area contributed by atoms with Crippen LogP contribution in [-0.2, 0) is 9.59 Å². The molecule has 0 aromatic heterocycles. The lowest BCUT2D eigenvalue weighted by molar-refractivity contribution is -0.142. The van der Waals surface area contributed by atoms with Crippen LogP contribution in [0.2, 0.25) is 0 Å². The third-order valence-corrected chi connectivity index (χ3v) is 3.32. The van der Waals surface area contributed by atoms with E-state index in [1.54, 1.807) is 24.3 Å². The highest BCUT2D eigenvalue weighted by Crippen LogP contribution is 2.20. The second-order valence-corrected chi connectivity index (χ2v) is 5.01. The van der Waals surface area contributed by atoms with E-state index in [1.165, 1.54) is 25.7 Å². The fourth-order valence-corrected chi connectivity index (χ4v) is 1.88. The molecule has 0 fully saturated rings. The lowest BCUT2D eigenvalue weighted by atomic mass is 10.1. The van der Waals surface area contributed by atoms with E-state index in [0.29, 0.717) is 11.3 Å². The lowest BCUT2D eigenvalue weighted by Crippen LogP contribution is -2.43. The van der Waals surface area contributed by atoms with Crippen LogP contribution < -0.4 is 4.90 Å². The monoisotopic (exact) mass is 293 g/mol. The Morgan fingerprint density at radius 2 is 1.57 bits per heavy atom. The summed E-state index contributed by atoms with van der Waals surface area (Å²) in [5, 5.41) is 18.2. The third-order valence-electron chi connectivity index (χ3n) is 3.32. The Morgan fingerprint density at radius 1 is 1.05 bits per heavy atom. The molecule has 2 N–H and O–H groups in total. The van der Waals surface area contributed by atoms with Gasteiger partial charge < -0.3 is 15.1 Å². The standard InChI is InChI=1S/C15H19NO5/c1-9(14(18)19)8-16(10(2)15(20)21)13-6-4-12(5-7-13)11(3)17/h4-7,9-10H,8H2,1-3H3,(H,18,19)(H,20,21). The zero-order valence-electron chi connectivity index (χ0n) is 12.2. The van der Waals surface area contributed by atoms with Gasteiger partial charge in [0, 0.05) is 17.8 Å². The minimum absolute atomic E-state index is 0.0716. The minimum Gasteiger partial charge on any atom is -0.481 e. The third kappa shape index (κ3) is 4.30. The fraction of sp³-hybridized carbons (Fsp3) is 0.400. The number of hydrogen-bond donors (Lipinski definition) is 2. The summed E-state index contributed by atoms with van der Waals surface area (Å²) in [7, 11) is 0. The Kier molecular flexibility index (Phi) is 5.46. The number of carboxylic acid groups (broad SMARTS) is 2. The molecule has 0 spiro atoms. The Bertz CT molecular complexity index is 537. The molecule has 0 radical (unpaired) electrons. The predicted octanol–water partition coefficient (Wildman–Crippen LogP) is 1.89. The Balaban J connectivity index is 3.08. The van der Waals surface area contributed by atoms with Crippen molar-refractivity contribution in [3.63, 3.8) is 0 Å². The van der Waals surface area contributed by atoms with Crippen molar-refractivity contribution in [3.05, 3.63) is 29.8 Å². The summed E-state index contributed by atoms with van der Waals surface area (Å²) in [6.07, 6.45) is 0. The van der Waals surface area contributed by atoms with Crippen molar-refractivity contribution < 1.29 is 24.6 Å². The number of aliphatic carboxylic acids is 2. The van der Waals surface area contributed by atoms with Crippen molar-refractivity contribution in [2.75, 3.05) is 11.4 Å². The van der Waals surface area contributed by atoms with Crippen LogP contribution in [0.15, 0.2) is 24.3 Å². The molecule has 2 unspecified atom stereocenters. The van der Waals surface area contributed by atoms with Gasteiger partial charge >= 0.3 is 11.9 Å². The molecule has 1 aromatic rings. The van der Waals surface area contributed by atoms with Gasteiger partial charge in [-0.05, 0) is 38.1 Å². The lowest BCUT2D eigenvalue weighted by Gasteiger charge is -2.30. The quantitative estimate of drug-likeness (QED) is 0.745. The van der Waals surface area contributed by atoms with E-state index >= 15 is 0 Å². The molecule has 114 valence electrons. The molecule has 0 saturated carbocycles. The van der Waals surface area contributed by atoms with Crippen LogP contribution >= 0.6 is 0 Å². The van der Waals surface area contributed by atoms with Gasteiger partial charge in [0.2, 0.25) is 0 Å². The largest absolute Gasteiger partial charge is 0.481 e. The number of carbonyl (C=O) groups is 3. The van der Waals surface area contributed by atoms with Crippen LogP contribution in [0.25, 0.3) is 0 Å². The van der Waals surface area contributed by atoms with E-state index in [0.717, 1.165) is 0 Å². The van der Waals surface area contributed by atoms with Gasteiger partial charge in [-0.15, -0.1) is 0 Å².